The second-order valence-corrected chi connectivity index (χ2v) is 6.90. The Balaban J connectivity index is 0.00000120. The molecule has 1 saturated heterocycles. The van der Waals surface area contributed by atoms with Crippen molar-refractivity contribution in [3.8, 4) is 0 Å². The van der Waals surface area contributed by atoms with Crippen LogP contribution < -0.4 is 5.32 Å². The molecule has 3 rings (SSSR count). The van der Waals surface area contributed by atoms with Crippen molar-refractivity contribution >= 4 is 18.1 Å². The summed E-state index contributed by atoms with van der Waals surface area (Å²) in [6, 6.07) is 0. The smallest absolute Gasteiger partial charge is 0.140 e. The van der Waals surface area contributed by atoms with Gasteiger partial charge in [0.05, 0.1) is 5.71 Å². The lowest BCUT2D eigenvalue weighted by molar-refractivity contribution is -0.0184. The zero-order chi connectivity index (χ0) is 12.2. The molecule has 2 aliphatic heterocycles. The number of hydrogen-bond acceptors (Lipinski definition) is 3. The van der Waals surface area contributed by atoms with Crippen LogP contribution in [0.4, 0.5) is 0 Å². The fourth-order valence-electron chi connectivity index (χ4n) is 3.68. The maximum absolute atomic E-state index is 5.70. The van der Waals surface area contributed by atoms with Crippen LogP contribution in [-0.2, 0) is 4.84 Å². The summed E-state index contributed by atoms with van der Waals surface area (Å²) < 4.78 is 0. The lowest BCUT2D eigenvalue weighted by atomic mass is 9.79. The van der Waals surface area contributed by atoms with Crippen molar-refractivity contribution in [1.29, 1.82) is 0 Å². The van der Waals surface area contributed by atoms with Gasteiger partial charge in [0, 0.05) is 11.8 Å². The second-order valence-electron chi connectivity index (χ2n) is 6.90. The lowest BCUT2D eigenvalue weighted by Crippen LogP contribution is -2.35. The fourth-order valence-corrected chi connectivity index (χ4v) is 3.68. The molecule has 1 aliphatic carbocycles. The van der Waals surface area contributed by atoms with Crippen molar-refractivity contribution < 1.29 is 4.84 Å². The first kappa shape index (κ1) is 14.1. The first-order valence-corrected chi connectivity index (χ1v) is 6.97. The molecule has 0 amide bonds. The van der Waals surface area contributed by atoms with E-state index in [0.717, 1.165) is 17.8 Å². The summed E-state index contributed by atoms with van der Waals surface area (Å²) in [6.07, 6.45) is 1.20. The molecular formula is C14H25ClN2O. The Morgan fingerprint density at radius 1 is 1.33 bits per heavy atom. The zero-order valence-corrected chi connectivity index (χ0v) is 12.6. The minimum atomic E-state index is -0.0933. The number of fused-ring (bicyclic) bond motifs is 1. The summed E-state index contributed by atoms with van der Waals surface area (Å²) in [5, 5.41) is 7.91. The molecule has 3 aliphatic rings. The highest BCUT2D eigenvalue weighted by Gasteiger charge is 2.59. The molecule has 1 N–H and O–H groups in total. The van der Waals surface area contributed by atoms with Crippen molar-refractivity contribution in [2.75, 3.05) is 13.1 Å². The zero-order valence-electron chi connectivity index (χ0n) is 11.8. The average Bonchev–Trinajstić information content (AvgIpc) is 2.60. The molecule has 1 saturated carbocycles. The van der Waals surface area contributed by atoms with E-state index in [9.17, 15) is 0 Å². The number of piperidine rings is 1. The normalized spacial score (nSPS) is 39.9. The quantitative estimate of drug-likeness (QED) is 0.857. The summed E-state index contributed by atoms with van der Waals surface area (Å²) in [6.45, 7) is 11.3. The van der Waals surface area contributed by atoms with Gasteiger partial charge in [-0.05, 0) is 51.1 Å². The molecule has 0 aromatic heterocycles. The Morgan fingerprint density at radius 3 is 2.50 bits per heavy atom. The highest BCUT2D eigenvalue weighted by Crippen LogP contribution is 2.54. The summed E-state index contributed by atoms with van der Waals surface area (Å²) in [4.78, 5) is 5.70. The SMILES string of the molecule is CC(C)CC1C(C2C3CNCC32)=NOC1(C)C.Cl. The van der Waals surface area contributed by atoms with Crippen LogP contribution in [0.5, 0.6) is 0 Å². The molecule has 3 unspecified atom stereocenters. The lowest BCUT2D eigenvalue weighted by Gasteiger charge is -2.27. The third-order valence-electron chi connectivity index (χ3n) is 4.72. The third-order valence-corrected chi connectivity index (χ3v) is 4.72. The van der Waals surface area contributed by atoms with Crippen molar-refractivity contribution in [3.63, 3.8) is 0 Å². The number of nitrogens with zero attached hydrogens (tertiary/aromatic N) is 1. The van der Waals surface area contributed by atoms with Gasteiger partial charge < -0.3 is 10.2 Å². The Hall–Kier alpha value is -0.280. The molecule has 3 nitrogen and oxygen atoms in total. The molecule has 104 valence electrons. The number of nitrogens with one attached hydrogen (secondary N) is 1. The number of hydrogen-bond donors (Lipinski definition) is 1. The van der Waals surface area contributed by atoms with Gasteiger partial charge in [0.15, 0.2) is 0 Å². The Kier molecular flexibility index (Phi) is 3.67. The monoisotopic (exact) mass is 272 g/mol. The molecule has 2 fully saturated rings. The molecule has 0 radical (unpaired) electrons. The molecule has 18 heavy (non-hydrogen) atoms. The van der Waals surface area contributed by atoms with Gasteiger partial charge in [-0.15, -0.1) is 12.4 Å². The molecule has 0 bridgehead atoms. The second kappa shape index (κ2) is 4.68. The van der Waals surface area contributed by atoms with E-state index in [1.165, 1.54) is 25.2 Å². The van der Waals surface area contributed by atoms with E-state index in [0.29, 0.717) is 11.8 Å². The van der Waals surface area contributed by atoms with Crippen LogP contribution in [0.1, 0.15) is 34.1 Å². The Morgan fingerprint density at radius 2 is 1.94 bits per heavy atom. The van der Waals surface area contributed by atoms with E-state index in [2.05, 4.69) is 38.2 Å². The predicted octanol–water partition coefficient (Wildman–Crippen LogP) is 2.70. The van der Waals surface area contributed by atoms with Crippen molar-refractivity contribution in [1.82, 2.24) is 5.32 Å². The largest absolute Gasteiger partial charge is 0.389 e. The van der Waals surface area contributed by atoms with Crippen molar-refractivity contribution in [2.45, 2.75) is 39.7 Å². The molecule has 0 aromatic carbocycles. The van der Waals surface area contributed by atoms with E-state index in [1.807, 2.05) is 0 Å². The summed E-state index contributed by atoms with van der Waals surface area (Å²) in [7, 11) is 0. The van der Waals surface area contributed by atoms with Crippen LogP contribution in [0.3, 0.4) is 0 Å². The van der Waals surface area contributed by atoms with E-state index in [-0.39, 0.29) is 18.0 Å². The molecule has 3 atom stereocenters. The standard InChI is InChI=1S/C14H24N2O.ClH/c1-8(2)5-11-13(16-17-14(11,3)4)12-9-6-15-7-10(9)12;/h8-12,15H,5-7H2,1-4H3;1H. The fraction of sp³-hybridized carbons (Fsp3) is 0.929. The van der Waals surface area contributed by atoms with Crippen LogP contribution in [0, 0.1) is 29.6 Å². The van der Waals surface area contributed by atoms with Crippen molar-refractivity contribution in [2.24, 2.45) is 34.7 Å². The van der Waals surface area contributed by atoms with E-state index >= 15 is 0 Å². The predicted molar refractivity (Wildman–Crippen MR) is 76.1 cm³/mol. The minimum Gasteiger partial charge on any atom is -0.389 e. The summed E-state index contributed by atoms with van der Waals surface area (Å²) in [5.41, 5.74) is 1.28. The highest BCUT2D eigenvalue weighted by atomic mass is 35.5. The first-order valence-electron chi connectivity index (χ1n) is 6.97. The molecule has 4 heteroatoms. The minimum absolute atomic E-state index is 0. The van der Waals surface area contributed by atoms with E-state index in [1.54, 1.807) is 0 Å². The van der Waals surface area contributed by atoms with Gasteiger partial charge in [0.25, 0.3) is 0 Å². The highest BCUT2D eigenvalue weighted by molar-refractivity contribution is 5.93. The van der Waals surface area contributed by atoms with Gasteiger partial charge in [-0.3, -0.25) is 0 Å². The summed E-state index contributed by atoms with van der Waals surface area (Å²) >= 11 is 0. The summed E-state index contributed by atoms with van der Waals surface area (Å²) in [5.74, 6) is 3.66. The van der Waals surface area contributed by atoms with Gasteiger partial charge in [-0.2, -0.15) is 0 Å². The van der Waals surface area contributed by atoms with Crippen molar-refractivity contribution in [3.05, 3.63) is 0 Å². The van der Waals surface area contributed by atoms with E-state index < -0.39 is 0 Å². The van der Waals surface area contributed by atoms with Gasteiger partial charge in [0.1, 0.15) is 5.60 Å². The molecule has 2 heterocycles. The van der Waals surface area contributed by atoms with Gasteiger partial charge in [-0.25, -0.2) is 0 Å². The Bertz CT molecular complexity index is 344. The Labute approximate surface area is 116 Å². The van der Waals surface area contributed by atoms with Crippen LogP contribution in [0.25, 0.3) is 0 Å². The van der Waals surface area contributed by atoms with Crippen LogP contribution in [0.2, 0.25) is 0 Å². The van der Waals surface area contributed by atoms with Crippen LogP contribution in [0.15, 0.2) is 5.16 Å². The van der Waals surface area contributed by atoms with Gasteiger partial charge in [-0.1, -0.05) is 19.0 Å². The van der Waals surface area contributed by atoms with E-state index in [4.69, 9.17) is 4.84 Å². The number of halogens is 1. The molecular weight excluding hydrogens is 248 g/mol. The maximum atomic E-state index is 5.70. The number of oxime groups is 1. The maximum Gasteiger partial charge on any atom is 0.140 e. The molecule has 0 spiro atoms. The molecule has 0 aromatic rings. The average molecular weight is 273 g/mol. The third kappa shape index (κ3) is 2.16. The van der Waals surface area contributed by atoms with Gasteiger partial charge >= 0.3 is 0 Å². The topological polar surface area (TPSA) is 33.6 Å². The van der Waals surface area contributed by atoms with Crippen LogP contribution in [-0.4, -0.2) is 24.4 Å². The van der Waals surface area contributed by atoms with Crippen LogP contribution >= 0.6 is 12.4 Å². The first-order chi connectivity index (χ1) is 8.00. The number of rotatable bonds is 3. The van der Waals surface area contributed by atoms with Gasteiger partial charge in [0.2, 0.25) is 0 Å².